The van der Waals surface area contributed by atoms with Crippen molar-refractivity contribution in [3.8, 4) is 23.0 Å². The summed E-state index contributed by atoms with van der Waals surface area (Å²) in [7, 11) is 3.22. The van der Waals surface area contributed by atoms with E-state index in [0.717, 1.165) is 41.9 Å². The summed E-state index contributed by atoms with van der Waals surface area (Å²) in [5.74, 6) is 5.78. The molecule has 33 heavy (non-hydrogen) atoms. The molecule has 1 aromatic heterocycles. The zero-order chi connectivity index (χ0) is 23.2. The zero-order valence-electron chi connectivity index (χ0n) is 20.1. The smallest absolute Gasteiger partial charge is 0.232 e. The molecule has 0 N–H and O–H groups in total. The van der Waals surface area contributed by atoms with Crippen molar-refractivity contribution < 1.29 is 18.7 Å². The Morgan fingerprint density at radius 1 is 1.06 bits per heavy atom. The molecule has 180 valence electrons. The van der Waals surface area contributed by atoms with Crippen LogP contribution in [0.2, 0.25) is 0 Å². The Hall–Kier alpha value is -2.15. The lowest BCUT2D eigenvalue weighted by molar-refractivity contribution is -0.130. The first kappa shape index (κ1) is 24.0. The number of amides is 1. The van der Waals surface area contributed by atoms with Crippen molar-refractivity contribution in [1.29, 1.82) is 0 Å². The topological polar surface area (TPSA) is 64.8 Å². The fourth-order valence-corrected chi connectivity index (χ4v) is 6.13. The van der Waals surface area contributed by atoms with E-state index in [1.807, 2.05) is 25.1 Å². The number of ether oxygens (including phenoxy) is 2. The molecule has 2 aliphatic rings. The molecular formula is C26H36N2O4S. The van der Waals surface area contributed by atoms with Crippen molar-refractivity contribution in [3.05, 3.63) is 29.7 Å². The molecule has 0 bridgehead atoms. The zero-order valence-corrected chi connectivity index (χ0v) is 20.9. The average Bonchev–Trinajstić information content (AvgIpc) is 3.24. The van der Waals surface area contributed by atoms with E-state index in [0.29, 0.717) is 28.9 Å². The van der Waals surface area contributed by atoms with Gasteiger partial charge in [-0.25, -0.2) is 4.98 Å². The maximum Gasteiger partial charge on any atom is 0.232 e. The van der Waals surface area contributed by atoms with Gasteiger partial charge in [0.05, 0.1) is 25.7 Å². The van der Waals surface area contributed by atoms with Crippen molar-refractivity contribution in [3.63, 3.8) is 0 Å². The number of likely N-dealkylation sites (tertiary alicyclic amines) is 1. The quantitative estimate of drug-likeness (QED) is 0.490. The molecule has 2 fully saturated rings. The first-order valence-electron chi connectivity index (χ1n) is 12.1. The summed E-state index contributed by atoms with van der Waals surface area (Å²) in [4.78, 5) is 19.5. The number of aryl methyl sites for hydroxylation is 1. The number of thioether (sulfide) groups is 1. The van der Waals surface area contributed by atoms with E-state index in [1.54, 1.807) is 26.0 Å². The van der Waals surface area contributed by atoms with Crippen LogP contribution in [0.15, 0.2) is 22.6 Å². The van der Waals surface area contributed by atoms with Gasteiger partial charge in [0, 0.05) is 24.4 Å². The highest BCUT2D eigenvalue weighted by atomic mass is 32.2. The van der Waals surface area contributed by atoms with Gasteiger partial charge < -0.3 is 18.8 Å². The van der Waals surface area contributed by atoms with Gasteiger partial charge in [-0.05, 0) is 49.8 Å². The van der Waals surface area contributed by atoms with Crippen LogP contribution in [-0.4, -0.2) is 48.9 Å². The van der Waals surface area contributed by atoms with Gasteiger partial charge in [0.2, 0.25) is 11.8 Å². The number of benzene rings is 1. The highest BCUT2D eigenvalue weighted by Gasteiger charge is 2.29. The summed E-state index contributed by atoms with van der Waals surface area (Å²) in [6.45, 7) is 3.77. The van der Waals surface area contributed by atoms with E-state index in [2.05, 4.69) is 9.88 Å². The molecule has 1 aromatic carbocycles. The fraction of sp³-hybridized carbons (Fsp3) is 0.615. The van der Waals surface area contributed by atoms with Gasteiger partial charge >= 0.3 is 0 Å². The van der Waals surface area contributed by atoms with Crippen LogP contribution in [-0.2, 0) is 10.5 Å². The number of aromatic nitrogens is 1. The number of rotatable bonds is 8. The van der Waals surface area contributed by atoms with Crippen molar-refractivity contribution in [2.75, 3.05) is 33.1 Å². The molecule has 2 heterocycles. The molecule has 0 spiro atoms. The third-order valence-electron chi connectivity index (χ3n) is 7.20. The Morgan fingerprint density at radius 2 is 1.76 bits per heavy atom. The first-order chi connectivity index (χ1) is 16.1. The van der Waals surface area contributed by atoms with Crippen molar-refractivity contribution in [2.24, 2.45) is 11.8 Å². The average molecular weight is 473 g/mol. The van der Waals surface area contributed by atoms with Crippen molar-refractivity contribution in [2.45, 2.75) is 57.6 Å². The van der Waals surface area contributed by atoms with Gasteiger partial charge in [-0.1, -0.05) is 32.1 Å². The molecule has 1 saturated carbocycles. The van der Waals surface area contributed by atoms with Crippen LogP contribution in [0, 0.1) is 18.8 Å². The third kappa shape index (κ3) is 5.86. The first-order valence-corrected chi connectivity index (χ1v) is 13.3. The summed E-state index contributed by atoms with van der Waals surface area (Å²) in [5.41, 5.74) is 1.72. The van der Waals surface area contributed by atoms with Gasteiger partial charge in [-0.3, -0.25) is 4.79 Å². The highest BCUT2D eigenvalue weighted by molar-refractivity contribution is 7.99. The summed E-state index contributed by atoms with van der Waals surface area (Å²) < 4.78 is 16.6. The maximum atomic E-state index is 12.7. The summed E-state index contributed by atoms with van der Waals surface area (Å²) in [6.07, 6.45) is 9.36. The lowest BCUT2D eigenvalue weighted by Gasteiger charge is -2.37. The minimum Gasteiger partial charge on any atom is -0.493 e. The Morgan fingerprint density at radius 3 is 2.45 bits per heavy atom. The molecule has 1 aliphatic carbocycles. The van der Waals surface area contributed by atoms with E-state index in [9.17, 15) is 4.79 Å². The molecule has 2 aromatic rings. The Balaban J connectivity index is 1.26. The molecule has 7 heteroatoms. The molecule has 0 radical (unpaired) electrons. The molecule has 1 aliphatic heterocycles. The number of hydrogen-bond acceptors (Lipinski definition) is 6. The summed E-state index contributed by atoms with van der Waals surface area (Å²) in [5, 5.41) is 0. The van der Waals surface area contributed by atoms with Crippen LogP contribution in [0.1, 0.15) is 56.4 Å². The fourth-order valence-electron chi connectivity index (χ4n) is 5.21. The monoisotopic (exact) mass is 472 g/mol. The number of methoxy groups -OCH3 is 2. The SMILES string of the molecule is COc1ccc(-c2nc(CSCC(=O)N3CCC(C4CCCCC4)CC3)c(C)o2)cc1OC. The largest absolute Gasteiger partial charge is 0.493 e. The lowest BCUT2D eigenvalue weighted by Crippen LogP contribution is -2.41. The number of carbonyl (C=O) groups excluding carboxylic acids is 1. The van der Waals surface area contributed by atoms with Crippen LogP contribution >= 0.6 is 11.8 Å². The predicted molar refractivity (Wildman–Crippen MR) is 132 cm³/mol. The number of nitrogens with zero attached hydrogens (tertiary/aromatic N) is 2. The molecule has 1 saturated heterocycles. The van der Waals surface area contributed by atoms with Gasteiger partial charge in [-0.15, -0.1) is 11.8 Å². The minimum absolute atomic E-state index is 0.253. The molecule has 1 amide bonds. The normalized spacial score (nSPS) is 17.8. The summed E-state index contributed by atoms with van der Waals surface area (Å²) >= 11 is 1.61. The standard InChI is InChI=1S/C26H36N2O4S/c1-18-22(27-26(32-18)21-9-10-23(30-2)24(15-21)31-3)16-33-17-25(29)28-13-11-20(12-14-28)19-7-5-4-6-8-19/h9-10,15,19-20H,4-8,11-14,16-17H2,1-3H3. The molecule has 0 atom stereocenters. The Labute approximate surface area is 201 Å². The van der Waals surface area contributed by atoms with E-state index in [4.69, 9.17) is 13.9 Å². The van der Waals surface area contributed by atoms with Gasteiger partial charge in [-0.2, -0.15) is 0 Å². The van der Waals surface area contributed by atoms with Crippen LogP contribution in [0.3, 0.4) is 0 Å². The van der Waals surface area contributed by atoms with E-state index in [1.165, 1.54) is 44.9 Å². The molecule has 6 nitrogen and oxygen atoms in total. The van der Waals surface area contributed by atoms with Crippen LogP contribution in [0.4, 0.5) is 0 Å². The van der Waals surface area contributed by atoms with Crippen LogP contribution < -0.4 is 9.47 Å². The second kappa shape index (κ2) is 11.3. The second-order valence-corrected chi connectivity index (χ2v) is 10.2. The van der Waals surface area contributed by atoms with E-state index in [-0.39, 0.29) is 5.91 Å². The molecule has 4 rings (SSSR count). The Bertz CT molecular complexity index is 930. The minimum atomic E-state index is 0.253. The second-order valence-electron chi connectivity index (χ2n) is 9.20. The number of piperidine rings is 1. The molecule has 0 unspecified atom stereocenters. The number of hydrogen-bond donors (Lipinski definition) is 0. The number of oxazole rings is 1. The van der Waals surface area contributed by atoms with Gasteiger partial charge in [0.25, 0.3) is 0 Å². The maximum absolute atomic E-state index is 12.7. The van der Waals surface area contributed by atoms with Crippen molar-refractivity contribution >= 4 is 17.7 Å². The van der Waals surface area contributed by atoms with E-state index < -0.39 is 0 Å². The van der Waals surface area contributed by atoms with Crippen LogP contribution in [0.5, 0.6) is 11.5 Å². The lowest BCUT2D eigenvalue weighted by atomic mass is 9.76. The van der Waals surface area contributed by atoms with E-state index >= 15 is 0 Å². The third-order valence-corrected chi connectivity index (χ3v) is 8.12. The highest BCUT2D eigenvalue weighted by Crippen LogP contribution is 2.36. The summed E-state index contributed by atoms with van der Waals surface area (Å²) in [6, 6.07) is 5.61. The molecular weight excluding hydrogens is 436 g/mol. The van der Waals surface area contributed by atoms with Crippen molar-refractivity contribution in [1.82, 2.24) is 9.88 Å². The predicted octanol–water partition coefficient (Wildman–Crippen LogP) is 5.72. The van der Waals surface area contributed by atoms with Gasteiger partial charge in [0.1, 0.15) is 5.76 Å². The number of carbonyl (C=O) groups is 1. The van der Waals surface area contributed by atoms with Crippen LogP contribution in [0.25, 0.3) is 11.5 Å². The Kier molecular flexibility index (Phi) is 8.23. The van der Waals surface area contributed by atoms with Gasteiger partial charge in [0.15, 0.2) is 11.5 Å².